The second-order valence-corrected chi connectivity index (χ2v) is 13.2. The first kappa shape index (κ1) is 33.2. The first-order valence-electron chi connectivity index (χ1n) is 15.4. The van der Waals surface area contributed by atoms with Gasteiger partial charge in [0.2, 0.25) is 5.90 Å². The Morgan fingerprint density at radius 2 is 1.70 bits per heavy atom. The normalized spacial score (nSPS) is 17.7. The summed E-state index contributed by atoms with van der Waals surface area (Å²) >= 11 is 3.50. The molecule has 4 aromatic rings. The molecule has 2 N–H and O–H groups in total. The van der Waals surface area contributed by atoms with Crippen LogP contribution in [0.15, 0.2) is 100 Å². The molecule has 0 unspecified atom stereocenters. The SMILES string of the molecule is CC(C)(C)OC(=O)CC[C@@]1(C(=O)NCc2cccc3ccccc23)N=C(c2ccc(OCCCO)cc2)O[C@@H]1c1ccc(Br)cc1. The molecule has 5 rings (SSSR count). The van der Waals surface area contributed by atoms with Crippen molar-refractivity contribution in [2.75, 3.05) is 13.2 Å². The third kappa shape index (κ3) is 7.95. The number of aliphatic hydroxyl groups excluding tert-OH is 1. The number of carbonyl (C=O) groups is 2. The Hall–Kier alpha value is -4.21. The zero-order valence-corrected chi connectivity index (χ0v) is 27.9. The molecular formula is C37H39BrN2O6. The molecule has 0 saturated carbocycles. The number of halogens is 1. The molecule has 46 heavy (non-hydrogen) atoms. The largest absolute Gasteiger partial charge is 0.494 e. The van der Waals surface area contributed by atoms with Gasteiger partial charge in [0, 0.05) is 36.0 Å². The Morgan fingerprint density at radius 3 is 2.41 bits per heavy atom. The van der Waals surface area contributed by atoms with Crippen LogP contribution in [-0.4, -0.2) is 47.2 Å². The van der Waals surface area contributed by atoms with Gasteiger partial charge in [-0.15, -0.1) is 0 Å². The van der Waals surface area contributed by atoms with Crippen LogP contribution in [0.2, 0.25) is 0 Å². The van der Waals surface area contributed by atoms with Crippen LogP contribution < -0.4 is 10.1 Å². The minimum atomic E-state index is -1.47. The van der Waals surface area contributed by atoms with Crippen molar-refractivity contribution < 1.29 is 28.9 Å². The summed E-state index contributed by atoms with van der Waals surface area (Å²) in [5.41, 5.74) is 0.232. The van der Waals surface area contributed by atoms with Crippen molar-refractivity contribution in [1.29, 1.82) is 0 Å². The van der Waals surface area contributed by atoms with E-state index in [-0.39, 0.29) is 31.9 Å². The Kier molecular flexibility index (Phi) is 10.4. The van der Waals surface area contributed by atoms with Gasteiger partial charge in [0.05, 0.1) is 6.61 Å². The van der Waals surface area contributed by atoms with E-state index in [1.54, 1.807) is 12.1 Å². The lowest BCUT2D eigenvalue weighted by atomic mass is 9.83. The Bertz CT molecular complexity index is 1690. The summed E-state index contributed by atoms with van der Waals surface area (Å²) in [5, 5.41) is 14.3. The number of carbonyl (C=O) groups excluding carboxylic acids is 2. The van der Waals surface area contributed by atoms with Crippen molar-refractivity contribution >= 4 is 44.5 Å². The molecule has 1 aliphatic rings. The number of ether oxygens (including phenoxy) is 3. The number of nitrogens with one attached hydrogen (secondary N) is 1. The van der Waals surface area contributed by atoms with E-state index in [4.69, 9.17) is 24.3 Å². The molecule has 9 heteroatoms. The maximum Gasteiger partial charge on any atom is 0.306 e. The van der Waals surface area contributed by atoms with E-state index in [2.05, 4.69) is 21.2 Å². The van der Waals surface area contributed by atoms with E-state index in [1.165, 1.54) is 0 Å². The van der Waals surface area contributed by atoms with Gasteiger partial charge in [-0.2, -0.15) is 0 Å². The molecule has 2 atom stereocenters. The van der Waals surface area contributed by atoms with Crippen molar-refractivity contribution in [1.82, 2.24) is 5.32 Å². The fraction of sp³-hybridized carbons (Fsp3) is 0.324. The highest BCUT2D eigenvalue weighted by molar-refractivity contribution is 9.10. The lowest BCUT2D eigenvalue weighted by molar-refractivity contribution is -0.155. The monoisotopic (exact) mass is 686 g/mol. The van der Waals surface area contributed by atoms with E-state index in [0.29, 0.717) is 30.2 Å². The number of benzene rings is 4. The van der Waals surface area contributed by atoms with Gasteiger partial charge in [-0.1, -0.05) is 70.5 Å². The molecule has 0 spiro atoms. The number of esters is 1. The number of aliphatic imine (C=N–C) groups is 1. The highest BCUT2D eigenvalue weighted by Crippen LogP contribution is 2.44. The maximum absolute atomic E-state index is 14.5. The molecule has 1 aliphatic heterocycles. The summed E-state index contributed by atoms with van der Waals surface area (Å²) in [6.45, 7) is 6.15. The molecule has 240 valence electrons. The summed E-state index contributed by atoms with van der Waals surface area (Å²) in [5.74, 6) is 0.163. The van der Waals surface area contributed by atoms with Crippen LogP contribution in [0.25, 0.3) is 10.8 Å². The van der Waals surface area contributed by atoms with Crippen molar-refractivity contribution in [2.45, 2.75) is 63.8 Å². The minimum absolute atomic E-state index is 0.0379. The van der Waals surface area contributed by atoms with Gasteiger partial charge in [0.15, 0.2) is 11.6 Å². The van der Waals surface area contributed by atoms with E-state index in [1.807, 2.05) is 99.6 Å². The van der Waals surface area contributed by atoms with Gasteiger partial charge >= 0.3 is 5.97 Å². The van der Waals surface area contributed by atoms with Crippen LogP contribution in [0.1, 0.15) is 62.8 Å². The summed E-state index contributed by atoms with van der Waals surface area (Å²) in [7, 11) is 0. The van der Waals surface area contributed by atoms with Crippen LogP contribution >= 0.6 is 15.9 Å². The number of hydrogen-bond acceptors (Lipinski definition) is 7. The molecular weight excluding hydrogens is 648 g/mol. The smallest absolute Gasteiger partial charge is 0.306 e. The van der Waals surface area contributed by atoms with Gasteiger partial charge in [-0.05, 0) is 85.5 Å². The van der Waals surface area contributed by atoms with Crippen molar-refractivity contribution in [3.05, 3.63) is 112 Å². The molecule has 1 heterocycles. The van der Waals surface area contributed by atoms with Crippen LogP contribution in [-0.2, 0) is 25.6 Å². The fourth-order valence-corrected chi connectivity index (χ4v) is 5.73. The highest BCUT2D eigenvalue weighted by atomic mass is 79.9. The number of nitrogens with zero attached hydrogens (tertiary/aromatic N) is 1. The zero-order chi connectivity index (χ0) is 32.7. The van der Waals surface area contributed by atoms with Crippen LogP contribution in [0.5, 0.6) is 5.75 Å². The predicted molar refractivity (Wildman–Crippen MR) is 182 cm³/mol. The third-order valence-electron chi connectivity index (χ3n) is 7.65. The van der Waals surface area contributed by atoms with Crippen LogP contribution in [0, 0.1) is 0 Å². The molecule has 1 amide bonds. The van der Waals surface area contributed by atoms with Crippen molar-refractivity contribution in [3.8, 4) is 5.75 Å². The van der Waals surface area contributed by atoms with Gasteiger partial charge in [-0.25, -0.2) is 4.99 Å². The Labute approximate surface area is 277 Å². The van der Waals surface area contributed by atoms with E-state index in [0.717, 1.165) is 26.4 Å². The number of hydrogen-bond donors (Lipinski definition) is 2. The number of rotatable bonds is 12. The molecule has 0 fully saturated rings. The second kappa shape index (κ2) is 14.5. The van der Waals surface area contributed by atoms with Gasteiger partial charge < -0.3 is 24.6 Å². The van der Waals surface area contributed by atoms with Crippen LogP contribution in [0.3, 0.4) is 0 Å². The van der Waals surface area contributed by atoms with Crippen molar-refractivity contribution in [2.24, 2.45) is 4.99 Å². The standard InChI is InChI=1S/C37H39BrN2O6/c1-36(2,3)46-32(42)20-21-37(35(43)39-24-28-10-6-9-25-8-4-5-11-31(25)28)33(26-12-16-29(38)17-13-26)45-34(40-37)27-14-18-30(19-15-27)44-23-7-22-41/h4-6,8-19,33,41H,7,20-24H2,1-3H3,(H,39,43)/t33-,37-/m1/s1. The number of fused-ring (bicyclic) bond motifs is 1. The summed E-state index contributed by atoms with van der Waals surface area (Å²) in [6, 6.07) is 28.9. The quantitative estimate of drug-likeness (QED) is 0.122. The van der Waals surface area contributed by atoms with E-state index < -0.39 is 23.2 Å². The zero-order valence-electron chi connectivity index (χ0n) is 26.3. The molecule has 0 bridgehead atoms. The molecule has 0 aromatic heterocycles. The Morgan fingerprint density at radius 1 is 0.978 bits per heavy atom. The minimum Gasteiger partial charge on any atom is -0.494 e. The molecule has 0 saturated heterocycles. The molecule has 0 radical (unpaired) electrons. The van der Waals surface area contributed by atoms with Crippen LogP contribution in [0.4, 0.5) is 0 Å². The second-order valence-electron chi connectivity index (χ2n) is 12.2. The fourth-order valence-electron chi connectivity index (χ4n) is 5.47. The molecule has 0 aliphatic carbocycles. The van der Waals surface area contributed by atoms with Gasteiger partial charge in [0.1, 0.15) is 11.4 Å². The van der Waals surface area contributed by atoms with E-state index >= 15 is 0 Å². The highest BCUT2D eigenvalue weighted by Gasteiger charge is 2.53. The lowest BCUT2D eigenvalue weighted by Gasteiger charge is -2.31. The summed E-state index contributed by atoms with van der Waals surface area (Å²) in [4.78, 5) is 32.5. The summed E-state index contributed by atoms with van der Waals surface area (Å²) < 4.78 is 18.8. The average Bonchev–Trinajstić information content (AvgIpc) is 3.43. The van der Waals surface area contributed by atoms with Crippen molar-refractivity contribution in [3.63, 3.8) is 0 Å². The van der Waals surface area contributed by atoms with Gasteiger partial charge in [-0.3, -0.25) is 9.59 Å². The van der Waals surface area contributed by atoms with E-state index in [9.17, 15) is 9.59 Å². The number of aliphatic hydroxyl groups is 1. The topological polar surface area (TPSA) is 106 Å². The average molecular weight is 688 g/mol. The molecule has 8 nitrogen and oxygen atoms in total. The number of amides is 1. The summed E-state index contributed by atoms with van der Waals surface area (Å²) in [6.07, 6.45) is -0.258. The molecule has 4 aromatic carbocycles. The first-order valence-corrected chi connectivity index (χ1v) is 16.2. The van der Waals surface area contributed by atoms with Gasteiger partial charge in [0.25, 0.3) is 5.91 Å². The first-order chi connectivity index (χ1) is 22.1. The third-order valence-corrected chi connectivity index (χ3v) is 8.18. The maximum atomic E-state index is 14.5. The Balaban J connectivity index is 1.52. The lowest BCUT2D eigenvalue weighted by Crippen LogP contribution is -2.48. The predicted octanol–water partition coefficient (Wildman–Crippen LogP) is 7.06.